The molecule has 0 spiro atoms. The smallest absolute Gasteiger partial charge is 0.253 e. The first-order valence-corrected chi connectivity index (χ1v) is 7.77. The highest BCUT2D eigenvalue weighted by Crippen LogP contribution is 2.31. The van der Waals surface area contributed by atoms with E-state index in [-0.39, 0.29) is 5.91 Å². The Balaban J connectivity index is 2.03. The minimum atomic E-state index is -0.769. The summed E-state index contributed by atoms with van der Waals surface area (Å²) < 4.78 is 0. The van der Waals surface area contributed by atoms with Crippen molar-refractivity contribution < 1.29 is 9.90 Å². The average molecular weight is 291 g/mol. The van der Waals surface area contributed by atoms with E-state index in [0.717, 1.165) is 31.4 Å². The maximum Gasteiger partial charge on any atom is 0.253 e. The molecule has 2 N–H and O–H groups in total. The average Bonchev–Trinajstić information content (AvgIpc) is 2.44. The van der Waals surface area contributed by atoms with Crippen LogP contribution in [0.5, 0.6) is 0 Å². The number of hydrogen-bond donors (Lipinski definition) is 2. The molecule has 0 radical (unpaired) electrons. The fourth-order valence-electron chi connectivity index (χ4n) is 3.10. The van der Waals surface area contributed by atoms with E-state index in [0.29, 0.717) is 30.1 Å². The van der Waals surface area contributed by atoms with Gasteiger partial charge in [-0.05, 0) is 38.2 Å². The zero-order valence-corrected chi connectivity index (χ0v) is 13.1. The predicted octanol–water partition coefficient (Wildman–Crippen LogP) is 2.02. The van der Waals surface area contributed by atoms with Crippen LogP contribution in [0, 0.1) is 12.8 Å². The third-order valence-electron chi connectivity index (χ3n) is 4.22. The summed E-state index contributed by atoms with van der Waals surface area (Å²) in [6.07, 6.45) is 4.35. The maximum atomic E-state index is 12.4. The van der Waals surface area contributed by atoms with E-state index >= 15 is 0 Å². The van der Waals surface area contributed by atoms with Crippen LogP contribution in [0.25, 0.3) is 0 Å². The van der Waals surface area contributed by atoms with Gasteiger partial charge in [0.05, 0.1) is 22.6 Å². The van der Waals surface area contributed by atoms with Crippen molar-refractivity contribution in [3.63, 3.8) is 0 Å². The molecular formula is C16H25N3O2. The quantitative estimate of drug-likeness (QED) is 0.890. The second-order valence-electron chi connectivity index (χ2n) is 6.31. The molecule has 1 aromatic rings. The Morgan fingerprint density at radius 2 is 2.29 bits per heavy atom. The largest absolute Gasteiger partial charge is 0.388 e. The highest BCUT2D eigenvalue weighted by Gasteiger charge is 2.33. The third-order valence-corrected chi connectivity index (χ3v) is 4.22. The van der Waals surface area contributed by atoms with Gasteiger partial charge in [0.25, 0.3) is 5.91 Å². The van der Waals surface area contributed by atoms with Gasteiger partial charge in [-0.2, -0.15) is 10.2 Å². The van der Waals surface area contributed by atoms with Gasteiger partial charge in [-0.1, -0.05) is 26.7 Å². The fourth-order valence-corrected chi connectivity index (χ4v) is 3.10. The molecule has 1 aliphatic rings. The summed E-state index contributed by atoms with van der Waals surface area (Å²) in [6.45, 7) is 6.23. The maximum absolute atomic E-state index is 12.4. The molecule has 0 bridgehead atoms. The molecule has 5 nitrogen and oxygen atoms in total. The standard InChI is InChI=1S/C16H25N3O2/c1-4-14-13(8-12(3)18-19-14)15(20)17-10-16(21)7-5-6-11(2)9-16/h8,11,21H,4-7,9-10H2,1-3H3,(H,17,20). The number of aromatic nitrogens is 2. The molecule has 2 unspecified atom stereocenters. The number of rotatable bonds is 4. The van der Waals surface area contributed by atoms with Crippen LogP contribution in [0.15, 0.2) is 6.07 Å². The van der Waals surface area contributed by atoms with Crippen LogP contribution in [0.1, 0.15) is 61.3 Å². The lowest BCUT2D eigenvalue weighted by Crippen LogP contribution is -2.46. The van der Waals surface area contributed by atoms with E-state index in [1.54, 1.807) is 6.07 Å². The Kier molecular flexibility index (Phi) is 4.93. The van der Waals surface area contributed by atoms with Crippen molar-refractivity contribution in [2.45, 2.75) is 58.5 Å². The first kappa shape index (κ1) is 15.9. The van der Waals surface area contributed by atoms with Crippen LogP contribution >= 0.6 is 0 Å². The molecule has 5 heteroatoms. The fraction of sp³-hybridized carbons (Fsp3) is 0.688. The highest BCUT2D eigenvalue weighted by atomic mass is 16.3. The van der Waals surface area contributed by atoms with E-state index in [2.05, 4.69) is 22.4 Å². The first-order valence-electron chi connectivity index (χ1n) is 7.77. The molecule has 0 aliphatic heterocycles. The molecule has 1 heterocycles. The topological polar surface area (TPSA) is 75.1 Å². The summed E-state index contributed by atoms with van der Waals surface area (Å²) in [6, 6.07) is 1.76. The lowest BCUT2D eigenvalue weighted by atomic mass is 9.79. The molecule has 0 aromatic carbocycles. The van der Waals surface area contributed by atoms with Crippen LogP contribution in [0.2, 0.25) is 0 Å². The van der Waals surface area contributed by atoms with E-state index in [1.807, 2.05) is 13.8 Å². The predicted molar refractivity (Wildman–Crippen MR) is 81.1 cm³/mol. The molecule has 1 amide bonds. The highest BCUT2D eigenvalue weighted by molar-refractivity contribution is 5.95. The lowest BCUT2D eigenvalue weighted by Gasteiger charge is -2.35. The number of carbonyl (C=O) groups is 1. The lowest BCUT2D eigenvalue weighted by molar-refractivity contribution is -0.0109. The Labute approximate surface area is 126 Å². The van der Waals surface area contributed by atoms with Gasteiger partial charge < -0.3 is 10.4 Å². The molecule has 116 valence electrons. The zero-order valence-electron chi connectivity index (χ0n) is 13.1. The van der Waals surface area contributed by atoms with Crippen molar-refractivity contribution in [2.75, 3.05) is 6.54 Å². The number of hydrogen-bond acceptors (Lipinski definition) is 4. The van der Waals surface area contributed by atoms with Gasteiger partial charge in [0.2, 0.25) is 0 Å². The zero-order chi connectivity index (χ0) is 15.5. The number of aryl methyl sites for hydroxylation is 2. The van der Waals surface area contributed by atoms with E-state index in [4.69, 9.17) is 0 Å². The SMILES string of the molecule is CCc1nnc(C)cc1C(=O)NCC1(O)CCCC(C)C1. The summed E-state index contributed by atoms with van der Waals surface area (Å²) in [5.74, 6) is 0.341. The van der Waals surface area contributed by atoms with Crippen molar-refractivity contribution in [3.05, 3.63) is 23.0 Å². The van der Waals surface area contributed by atoms with Crippen LogP contribution in [-0.4, -0.2) is 33.4 Å². The van der Waals surface area contributed by atoms with Gasteiger partial charge in [-0.25, -0.2) is 0 Å². The Morgan fingerprint density at radius 3 is 2.95 bits per heavy atom. The Morgan fingerprint density at radius 1 is 1.52 bits per heavy atom. The van der Waals surface area contributed by atoms with Crippen LogP contribution < -0.4 is 5.32 Å². The van der Waals surface area contributed by atoms with Crippen molar-refractivity contribution in [3.8, 4) is 0 Å². The van der Waals surface area contributed by atoms with Crippen molar-refractivity contribution in [1.82, 2.24) is 15.5 Å². The monoisotopic (exact) mass is 291 g/mol. The molecule has 2 atom stereocenters. The summed E-state index contributed by atoms with van der Waals surface area (Å²) in [4.78, 5) is 12.4. The first-order chi connectivity index (χ1) is 9.93. The van der Waals surface area contributed by atoms with Gasteiger partial charge >= 0.3 is 0 Å². The second-order valence-corrected chi connectivity index (χ2v) is 6.31. The van der Waals surface area contributed by atoms with Crippen molar-refractivity contribution in [2.24, 2.45) is 5.92 Å². The Hall–Kier alpha value is -1.49. The van der Waals surface area contributed by atoms with Gasteiger partial charge in [0.15, 0.2) is 0 Å². The minimum absolute atomic E-state index is 0.170. The second kappa shape index (κ2) is 6.52. The summed E-state index contributed by atoms with van der Waals surface area (Å²) in [5, 5.41) is 21.5. The van der Waals surface area contributed by atoms with Crippen LogP contribution in [-0.2, 0) is 6.42 Å². The van der Waals surface area contributed by atoms with Gasteiger partial charge in [-0.15, -0.1) is 0 Å². The summed E-state index contributed by atoms with van der Waals surface area (Å²) in [5.41, 5.74) is 1.22. The molecule has 1 saturated carbocycles. The molecular weight excluding hydrogens is 266 g/mol. The normalized spacial score (nSPS) is 25.6. The van der Waals surface area contributed by atoms with Crippen LogP contribution in [0.4, 0.5) is 0 Å². The molecule has 1 aliphatic carbocycles. The summed E-state index contributed by atoms with van der Waals surface area (Å²) >= 11 is 0. The number of nitrogens with zero attached hydrogens (tertiary/aromatic N) is 2. The summed E-state index contributed by atoms with van der Waals surface area (Å²) in [7, 11) is 0. The molecule has 2 rings (SSSR count). The van der Waals surface area contributed by atoms with Crippen molar-refractivity contribution >= 4 is 5.91 Å². The molecule has 1 fully saturated rings. The van der Waals surface area contributed by atoms with E-state index in [9.17, 15) is 9.90 Å². The van der Waals surface area contributed by atoms with Crippen molar-refractivity contribution in [1.29, 1.82) is 0 Å². The Bertz CT molecular complexity index is 518. The van der Waals surface area contributed by atoms with Gasteiger partial charge in [0, 0.05) is 6.54 Å². The van der Waals surface area contributed by atoms with Crippen LogP contribution in [0.3, 0.4) is 0 Å². The van der Waals surface area contributed by atoms with E-state index < -0.39 is 5.60 Å². The van der Waals surface area contributed by atoms with E-state index in [1.165, 1.54) is 0 Å². The molecule has 21 heavy (non-hydrogen) atoms. The third kappa shape index (κ3) is 4.00. The van der Waals surface area contributed by atoms with Gasteiger partial charge in [-0.3, -0.25) is 4.79 Å². The number of nitrogens with one attached hydrogen (secondary N) is 1. The minimum Gasteiger partial charge on any atom is -0.388 e. The number of amides is 1. The van der Waals surface area contributed by atoms with Gasteiger partial charge in [0.1, 0.15) is 0 Å². The number of aliphatic hydroxyl groups is 1. The molecule has 1 aromatic heterocycles. The number of carbonyl (C=O) groups excluding carboxylic acids is 1. The molecule has 0 saturated heterocycles.